The second-order valence-corrected chi connectivity index (χ2v) is 6.98. The number of nitrogens with one attached hydrogen (secondary N) is 2. The van der Waals surface area contributed by atoms with Gasteiger partial charge < -0.3 is 10.1 Å². The van der Waals surface area contributed by atoms with E-state index in [4.69, 9.17) is 11.6 Å². The van der Waals surface area contributed by atoms with Crippen LogP contribution in [0, 0.1) is 20.8 Å². The minimum absolute atomic E-state index is 0.261. The number of aromatic nitrogens is 1. The van der Waals surface area contributed by atoms with E-state index >= 15 is 0 Å². The number of carboxylic acid groups (broad SMARTS) is 1. The van der Waals surface area contributed by atoms with E-state index in [1.807, 2.05) is 0 Å². The van der Waals surface area contributed by atoms with Crippen LogP contribution < -0.4 is 4.72 Å². The number of halogens is 1. The van der Waals surface area contributed by atoms with Crippen LogP contribution in [0.15, 0.2) is 23.1 Å². The summed E-state index contributed by atoms with van der Waals surface area (Å²) in [6.07, 6.45) is 0. The number of hydrogen-bond donors (Lipinski definition) is 3. The lowest BCUT2D eigenvalue weighted by Crippen LogP contribution is -2.17. The first-order chi connectivity index (χ1) is 10.1. The maximum Gasteiger partial charge on any atom is 0.338 e. The Morgan fingerprint density at radius 1 is 1.23 bits per heavy atom. The number of benzene rings is 1. The Bertz CT molecular complexity index is 856. The van der Waals surface area contributed by atoms with Gasteiger partial charge in [0.2, 0.25) is 0 Å². The molecule has 0 spiro atoms. The van der Waals surface area contributed by atoms with Crippen molar-refractivity contribution in [3.63, 3.8) is 0 Å². The molecule has 0 radical (unpaired) electrons. The molecule has 8 heteroatoms. The molecule has 6 nitrogen and oxygen atoms in total. The van der Waals surface area contributed by atoms with Crippen molar-refractivity contribution in [3.8, 4) is 0 Å². The molecule has 0 saturated heterocycles. The largest absolute Gasteiger partial charge is 0.478 e. The van der Waals surface area contributed by atoms with Gasteiger partial charge in [-0.05, 0) is 38.5 Å². The molecule has 2 rings (SSSR count). The van der Waals surface area contributed by atoms with E-state index in [1.165, 1.54) is 19.9 Å². The fourth-order valence-corrected chi connectivity index (χ4v) is 3.90. The zero-order valence-electron chi connectivity index (χ0n) is 12.2. The molecule has 118 valence electrons. The van der Waals surface area contributed by atoms with Crippen LogP contribution in [0.5, 0.6) is 0 Å². The van der Waals surface area contributed by atoms with Crippen LogP contribution in [-0.2, 0) is 10.0 Å². The van der Waals surface area contributed by atoms with E-state index in [0.29, 0.717) is 5.02 Å². The summed E-state index contributed by atoms with van der Waals surface area (Å²) < 4.78 is 27.4. The van der Waals surface area contributed by atoms with Gasteiger partial charge in [-0.15, -0.1) is 0 Å². The van der Waals surface area contributed by atoms with Gasteiger partial charge in [0.1, 0.15) is 10.5 Å². The van der Waals surface area contributed by atoms with Crippen molar-refractivity contribution >= 4 is 33.3 Å². The molecule has 22 heavy (non-hydrogen) atoms. The molecule has 1 heterocycles. The Labute approximate surface area is 133 Å². The number of aromatic amines is 1. The van der Waals surface area contributed by atoms with Gasteiger partial charge in [0.05, 0.1) is 5.69 Å². The van der Waals surface area contributed by atoms with Crippen LogP contribution in [-0.4, -0.2) is 24.5 Å². The van der Waals surface area contributed by atoms with Crippen LogP contribution >= 0.6 is 11.6 Å². The van der Waals surface area contributed by atoms with E-state index in [2.05, 4.69) is 9.71 Å². The van der Waals surface area contributed by atoms with Crippen molar-refractivity contribution in [1.29, 1.82) is 0 Å². The molecular formula is C14H15ClN2O4S. The summed E-state index contributed by atoms with van der Waals surface area (Å²) in [5, 5.41) is 9.65. The average Bonchev–Trinajstić information content (AvgIpc) is 2.69. The summed E-state index contributed by atoms with van der Waals surface area (Å²) >= 11 is 5.97. The van der Waals surface area contributed by atoms with Crippen LogP contribution in [0.25, 0.3) is 0 Å². The first-order valence-corrected chi connectivity index (χ1v) is 8.21. The lowest BCUT2D eigenvalue weighted by molar-refractivity contribution is 0.0692. The Kier molecular flexibility index (Phi) is 4.21. The van der Waals surface area contributed by atoms with Gasteiger partial charge in [0.15, 0.2) is 0 Å². The fourth-order valence-electron chi connectivity index (χ4n) is 2.21. The third kappa shape index (κ3) is 2.95. The number of anilines is 1. The van der Waals surface area contributed by atoms with Crippen LogP contribution in [0.1, 0.15) is 27.3 Å². The molecule has 0 unspecified atom stereocenters. The summed E-state index contributed by atoms with van der Waals surface area (Å²) in [4.78, 5) is 13.8. The van der Waals surface area contributed by atoms with E-state index < -0.39 is 16.0 Å². The van der Waals surface area contributed by atoms with Crippen molar-refractivity contribution in [1.82, 2.24) is 4.98 Å². The van der Waals surface area contributed by atoms with Crippen molar-refractivity contribution in [3.05, 3.63) is 45.7 Å². The fraction of sp³-hybridized carbons (Fsp3) is 0.214. The zero-order valence-corrected chi connectivity index (χ0v) is 13.8. The minimum atomic E-state index is -4.05. The second-order valence-electron chi connectivity index (χ2n) is 4.95. The standard InChI is InChI=1S/C14H15ClN2O4S/c1-7-4-5-10(6-11(7)15)17-22(20,21)13-9(3)16-8(2)12(13)14(18)19/h4-6,16-17H,1-3H3,(H,18,19). The zero-order chi connectivity index (χ0) is 16.7. The van der Waals surface area contributed by atoms with Crippen LogP contribution in [0.3, 0.4) is 0 Å². The average molecular weight is 343 g/mol. The van der Waals surface area contributed by atoms with Gasteiger partial charge in [-0.3, -0.25) is 4.72 Å². The first kappa shape index (κ1) is 16.4. The number of rotatable bonds is 4. The molecular weight excluding hydrogens is 328 g/mol. The van der Waals surface area contributed by atoms with Gasteiger partial charge >= 0.3 is 5.97 Å². The molecule has 1 aromatic heterocycles. The third-order valence-corrected chi connectivity index (χ3v) is 5.18. The van der Waals surface area contributed by atoms with Gasteiger partial charge in [-0.1, -0.05) is 17.7 Å². The second kappa shape index (κ2) is 5.66. The number of aromatic carboxylic acids is 1. The lowest BCUT2D eigenvalue weighted by atomic mass is 10.2. The Hall–Kier alpha value is -1.99. The van der Waals surface area contributed by atoms with Gasteiger partial charge in [0, 0.05) is 16.4 Å². The molecule has 0 bridgehead atoms. The summed E-state index contributed by atoms with van der Waals surface area (Å²) in [5.74, 6) is -1.30. The topological polar surface area (TPSA) is 99.3 Å². The number of hydrogen-bond acceptors (Lipinski definition) is 3. The van der Waals surface area contributed by atoms with Gasteiger partial charge in [0.25, 0.3) is 10.0 Å². The maximum atomic E-state index is 12.5. The SMILES string of the molecule is Cc1ccc(NS(=O)(=O)c2c(C)[nH]c(C)c2C(=O)O)cc1Cl. The number of carbonyl (C=O) groups is 1. The molecule has 0 aliphatic rings. The highest BCUT2D eigenvalue weighted by Gasteiger charge is 2.29. The number of aryl methyl sites for hydroxylation is 3. The normalized spacial score (nSPS) is 11.5. The van der Waals surface area contributed by atoms with E-state index in [-0.39, 0.29) is 27.5 Å². The molecule has 2 aromatic rings. The molecule has 0 amide bonds. The molecule has 1 aromatic carbocycles. The molecule has 0 fully saturated rings. The Morgan fingerprint density at radius 2 is 1.86 bits per heavy atom. The predicted molar refractivity (Wildman–Crippen MR) is 84.2 cm³/mol. The predicted octanol–water partition coefficient (Wildman–Crippen LogP) is 3.09. The van der Waals surface area contributed by atoms with Crippen molar-refractivity contribution in [2.45, 2.75) is 25.7 Å². The molecule has 3 N–H and O–H groups in total. The summed E-state index contributed by atoms with van der Waals surface area (Å²) in [7, 11) is -4.05. The van der Waals surface area contributed by atoms with E-state index in [1.54, 1.807) is 19.1 Å². The molecule has 0 atom stereocenters. The summed E-state index contributed by atoms with van der Waals surface area (Å²) in [6, 6.07) is 4.71. The number of H-pyrrole nitrogens is 1. The first-order valence-electron chi connectivity index (χ1n) is 6.35. The summed E-state index contributed by atoms with van der Waals surface area (Å²) in [5.41, 5.74) is 1.37. The van der Waals surface area contributed by atoms with E-state index in [9.17, 15) is 18.3 Å². The van der Waals surface area contributed by atoms with Crippen LogP contribution in [0.2, 0.25) is 5.02 Å². The van der Waals surface area contributed by atoms with E-state index in [0.717, 1.165) is 5.56 Å². The lowest BCUT2D eigenvalue weighted by Gasteiger charge is -2.10. The van der Waals surface area contributed by atoms with Crippen molar-refractivity contribution in [2.24, 2.45) is 0 Å². The smallest absolute Gasteiger partial charge is 0.338 e. The molecule has 0 aliphatic carbocycles. The highest BCUT2D eigenvalue weighted by atomic mass is 35.5. The van der Waals surface area contributed by atoms with Gasteiger partial charge in [-0.2, -0.15) is 0 Å². The Morgan fingerprint density at radius 3 is 2.41 bits per heavy atom. The Balaban J connectivity index is 2.52. The highest BCUT2D eigenvalue weighted by Crippen LogP contribution is 2.27. The highest BCUT2D eigenvalue weighted by molar-refractivity contribution is 7.92. The monoisotopic (exact) mass is 342 g/mol. The quantitative estimate of drug-likeness (QED) is 0.794. The van der Waals surface area contributed by atoms with Crippen LogP contribution in [0.4, 0.5) is 5.69 Å². The van der Waals surface area contributed by atoms with Crippen molar-refractivity contribution in [2.75, 3.05) is 4.72 Å². The molecule has 0 aliphatic heterocycles. The maximum absolute atomic E-state index is 12.5. The number of carboxylic acids is 1. The van der Waals surface area contributed by atoms with Crippen molar-refractivity contribution < 1.29 is 18.3 Å². The number of sulfonamides is 1. The van der Waals surface area contributed by atoms with Gasteiger partial charge in [-0.25, -0.2) is 13.2 Å². The minimum Gasteiger partial charge on any atom is -0.478 e. The molecule has 0 saturated carbocycles. The third-order valence-electron chi connectivity index (χ3n) is 3.22. The summed E-state index contributed by atoms with van der Waals surface area (Å²) in [6.45, 7) is 4.82.